The zero-order valence-electron chi connectivity index (χ0n) is 15.2. The number of halogens is 1. The second kappa shape index (κ2) is 6.99. The SMILES string of the molecule is Fc1ccc(-c2cnnc(N3CCCC(c4nc5ccccc5[nH]4)C3)n2)cc1. The van der Waals surface area contributed by atoms with E-state index in [-0.39, 0.29) is 5.82 Å². The topological polar surface area (TPSA) is 70.6 Å². The van der Waals surface area contributed by atoms with Gasteiger partial charge in [-0.2, -0.15) is 5.10 Å². The summed E-state index contributed by atoms with van der Waals surface area (Å²) in [5, 5.41) is 8.36. The highest BCUT2D eigenvalue weighted by atomic mass is 19.1. The molecular formula is C21H19FN6. The molecule has 2 aromatic carbocycles. The smallest absolute Gasteiger partial charge is 0.245 e. The molecule has 1 atom stereocenters. The van der Waals surface area contributed by atoms with E-state index in [1.54, 1.807) is 18.3 Å². The lowest BCUT2D eigenvalue weighted by Gasteiger charge is -2.31. The molecule has 28 heavy (non-hydrogen) atoms. The number of nitrogens with one attached hydrogen (secondary N) is 1. The third-order valence-corrected chi connectivity index (χ3v) is 5.19. The predicted octanol–water partition coefficient (Wildman–Crippen LogP) is 3.94. The molecule has 4 aromatic rings. The number of anilines is 1. The van der Waals surface area contributed by atoms with Gasteiger partial charge < -0.3 is 9.88 Å². The minimum Gasteiger partial charge on any atom is -0.342 e. The van der Waals surface area contributed by atoms with Gasteiger partial charge in [-0.05, 0) is 49.2 Å². The summed E-state index contributed by atoms with van der Waals surface area (Å²) in [5.41, 5.74) is 3.57. The van der Waals surface area contributed by atoms with Crippen LogP contribution in [0, 0.1) is 5.82 Å². The second-order valence-electron chi connectivity index (χ2n) is 7.07. The van der Waals surface area contributed by atoms with Gasteiger partial charge in [0.05, 0.1) is 22.9 Å². The standard InChI is InChI=1S/C21H19FN6/c22-16-9-7-14(8-10-16)19-12-23-27-21(26-19)28-11-3-4-15(13-28)20-24-17-5-1-2-6-18(17)25-20/h1-2,5-10,12,15H,3-4,11,13H2,(H,24,25). The highest BCUT2D eigenvalue weighted by molar-refractivity contribution is 5.74. The molecule has 0 amide bonds. The molecule has 6 nitrogen and oxygen atoms in total. The molecule has 1 aliphatic heterocycles. The van der Waals surface area contributed by atoms with Gasteiger partial charge in [0.15, 0.2) is 0 Å². The molecule has 1 fully saturated rings. The van der Waals surface area contributed by atoms with Crippen LogP contribution < -0.4 is 4.90 Å². The summed E-state index contributed by atoms with van der Waals surface area (Å²) >= 11 is 0. The van der Waals surface area contributed by atoms with Gasteiger partial charge in [-0.1, -0.05) is 12.1 Å². The van der Waals surface area contributed by atoms with Crippen LogP contribution in [-0.2, 0) is 0 Å². The van der Waals surface area contributed by atoms with Crippen molar-refractivity contribution < 1.29 is 4.39 Å². The van der Waals surface area contributed by atoms with Crippen molar-refractivity contribution in [3.63, 3.8) is 0 Å². The fourth-order valence-electron chi connectivity index (χ4n) is 3.74. The van der Waals surface area contributed by atoms with Gasteiger partial charge in [0, 0.05) is 24.6 Å². The van der Waals surface area contributed by atoms with E-state index in [9.17, 15) is 4.39 Å². The fourth-order valence-corrected chi connectivity index (χ4v) is 3.74. The van der Waals surface area contributed by atoms with Gasteiger partial charge in [-0.25, -0.2) is 14.4 Å². The summed E-state index contributed by atoms with van der Waals surface area (Å²) in [6, 6.07) is 14.3. The van der Waals surface area contributed by atoms with Crippen molar-refractivity contribution in [2.24, 2.45) is 0 Å². The number of benzene rings is 2. The van der Waals surface area contributed by atoms with Gasteiger partial charge in [0.1, 0.15) is 11.6 Å². The third-order valence-electron chi connectivity index (χ3n) is 5.19. The molecule has 2 aromatic heterocycles. The maximum absolute atomic E-state index is 13.2. The number of aromatic amines is 1. The van der Waals surface area contributed by atoms with Crippen molar-refractivity contribution in [3.05, 3.63) is 66.4 Å². The minimum absolute atomic E-state index is 0.268. The van der Waals surface area contributed by atoms with Crippen LogP contribution in [0.1, 0.15) is 24.6 Å². The van der Waals surface area contributed by atoms with Gasteiger partial charge in [-0.3, -0.25) is 0 Å². The Hall–Kier alpha value is -3.35. The number of rotatable bonds is 3. The Morgan fingerprint density at radius 3 is 2.75 bits per heavy atom. The quantitative estimate of drug-likeness (QED) is 0.588. The Morgan fingerprint density at radius 1 is 1.04 bits per heavy atom. The summed E-state index contributed by atoms with van der Waals surface area (Å²) < 4.78 is 13.2. The van der Waals surface area contributed by atoms with Gasteiger partial charge >= 0.3 is 0 Å². The number of aromatic nitrogens is 5. The van der Waals surface area contributed by atoms with Crippen LogP contribution >= 0.6 is 0 Å². The first-order valence-electron chi connectivity index (χ1n) is 9.41. The van der Waals surface area contributed by atoms with Crippen LogP contribution in [0.15, 0.2) is 54.7 Å². The summed E-state index contributed by atoms with van der Waals surface area (Å²) in [6.07, 6.45) is 3.71. The maximum Gasteiger partial charge on any atom is 0.245 e. The average Bonchev–Trinajstić information content (AvgIpc) is 3.19. The van der Waals surface area contributed by atoms with Crippen molar-refractivity contribution in [2.45, 2.75) is 18.8 Å². The number of para-hydroxylation sites is 2. The lowest BCUT2D eigenvalue weighted by atomic mass is 9.97. The first-order valence-corrected chi connectivity index (χ1v) is 9.41. The summed E-state index contributed by atoms with van der Waals surface area (Å²) in [6.45, 7) is 1.67. The number of fused-ring (bicyclic) bond motifs is 1. The van der Waals surface area contributed by atoms with Gasteiger partial charge in [0.25, 0.3) is 0 Å². The van der Waals surface area contributed by atoms with E-state index in [4.69, 9.17) is 4.98 Å². The lowest BCUT2D eigenvalue weighted by Crippen LogP contribution is -2.36. The van der Waals surface area contributed by atoms with Crippen molar-refractivity contribution in [2.75, 3.05) is 18.0 Å². The highest BCUT2D eigenvalue weighted by Crippen LogP contribution is 2.29. The Morgan fingerprint density at radius 2 is 1.89 bits per heavy atom. The van der Waals surface area contributed by atoms with E-state index in [0.29, 0.717) is 17.6 Å². The van der Waals surface area contributed by atoms with E-state index in [0.717, 1.165) is 48.4 Å². The maximum atomic E-state index is 13.2. The van der Waals surface area contributed by atoms with E-state index in [2.05, 4.69) is 25.1 Å². The molecule has 5 rings (SSSR count). The Labute approximate surface area is 161 Å². The zero-order chi connectivity index (χ0) is 18.9. The monoisotopic (exact) mass is 374 g/mol. The van der Waals surface area contributed by atoms with Crippen LogP contribution in [-0.4, -0.2) is 38.2 Å². The number of H-pyrrole nitrogens is 1. The highest BCUT2D eigenvalue weighted by Gasteiger charge is 2.25. The Kier molecular flexibility index (Phi) is 4.20. The second-order valence-corrected chi connectivity index (χ2v) is 7.07. The number of nitrogens with zero attached hydrogens (tertiary/aromatic N) is 5. The molecule has 1 aliphatic rings. The molecule has 0 saturated carbocycles. The van der Waals surface area contributed by atoms with E-state index >= 15 is 0 Å². The molecule has 3 heterocycles. The molecule has 140 valence electrons. The first kappa shape index (κ1) is 16.8. The average molecular weight is 374 g/mol. The van der Waals surface area contributed by atoms with E-state index < -0.39 is 0 Å². The van der Waals surface area contributed by atoms with Crippen LogP contribution in [0.5, 0.6) is 0 Å². The molecular weight excluding hydrogens is 355 g/mol. The Balaban J connectivity index is 1.40. The van der Waals surface area contributed by atoms with Crippen molar-refractivity contribution >= 4 is 17.0 Å². The van der Waals surface area contributed by atoms with E-state index in [1.165, 1.54) is 12.1 Å². The fraction of sp³-hybridized carbons (Fsp3) is 0.238. The van der Waals surface area contributed by atoms with Crippen LogP contribution in [0.3, 0.4) is 0 Å². The first-order chi connectivity index (χ1) is 13.8. The molecule has 0 bridgehead atoms. The van der Waals surface area contributed by atoms with Crippen LogP contribution in [0.4, 0.5) is 10.3 Å². The van der Waals surface area contributed by atoms with Crippen molar-refractivity contribution in [3.8, 4) is 11.3 Å². The molecule has 1 N–H and O–H groups in total. The summed E-state index contributed by atoms with van der Waals surface area (Å²) in [4.78, 5) is 15.0. The number of piperidine rings is 1. The van der Waals surface area contributed by atoms with Crippen molar-refractivity contribution in [1.82, 2.24) is 25.1 Å². The van der Waals surface area contributed by atoms with Crippen LogP contribution in [0.25, 0.3) is 22.3 Å². The van der Waals surface area contributed by atoms with Gasteiger partial charge in [-0.15, -0.1) is 5.10 Å². The predicted molar refractivity (Wildman–Crippen MR) is 106 cm³/mol. The lowest BCUT2D eigenvalue weighted by molar-refractivity contribution is 0.488. The number of imidazole rings is 1. The zero-order valence-corrected chi connectivity index (χ0v) is 15.2. The van der Waals surface area contributed by atoms with Gasteiger partial charge in [0.2, 0.25) is 5.95 Å². The van der Waals surface area contributed by atoms with E-state index in [1.807, 2.05) is 24.3 Å². The molecule has 1 saturated heterocycles. The summed E-state index contributed by atoms with van der Waals surface area (Å²) in [7, 11) is 0. The third kappa shape index (κ3) is 3.19. The largest absolute Gasteiger partial charge is 0.342 e. The van der Waals surface area contributed by atoms with Crippen LogP contribution in [0.2, 0.25) is 0 Å². The molecule has 1 unspecified atom stereocenters. The molecule has 0 radical (unpaired) electrons. The normalized spacial score (nSPS) is 17.2. The molecule has 7 heteroatoms. The van der Waals surface area contributed by atoms with Crippen molar-refractivity contribution in [1.29, 1.82) is 0 Å². The molecule has 0 spiro atoms. The number of hydrogen-bond acceptors (Lipinski definition) is 5. The summed E-state index contributed by atoms with van der Waals surface area (Å²) in [5.74, 6) is 1.63. The Bertz CT molecular complexity index is 1070. The minimum atomic E-state index is -0.268. The molecule has 0 aliphatic carbocycles. The number of hydrogen-bond donors (Lipinski definition) is 1.